The molecule has 44 heavy (non-hydrogen) atoms. The number of para-hydroxylation sites is 1. The molecule has 11 heteroatoms. The second kappa shape index (κ2) is 14.2. The normalized spacial score (nSPS) is 20.0. The molecular weight excluding hydrogens is 588 g/mol. The molecule has 2 amide bonds. The fourth-order valence-corrected chi connectivity index (χ4v) is 6.36. The van der Waals surface area contributed by atoms with Crippen molar-refractivity contribution in [1.82, 2.24) is 4.90 Å². The molecule has 1 unspecified atom stereocenters. The zero-order chi connectivity index (χ0) is 32.2. The lowest BCUT2D eigenvalue weighted by atomic mass is 9.92. The van der Waals surface area contributed by atoms with Gasteiger partial charge in [-0.05, 0) is 44.0 Å². The van der Waals surface area contributed by atoms with Gasteiger partial charge < -0.3 is 34.2 Å². The lowest BCUT2D eigenvalue weighted by Gasteiger charge is -2.38. The number of rotatable bonds is 11. The Morgan fingerprint density at radius 3 is 2.43 bits per heavy atom. The average Bonchev–Trinajstić information content (AvgIpc) is 3.11. The topological polar surface area (TPSA) is 126 Å². The molecule has 1 aliphatic carbocycles. The number of methoxy groups -OCH3 is 2. The largest absolute Gasteiger partial charge is 0.493 e. The summed E-state index contributed by atoms with van der Waals surface area (Å²) < 4.78 is 17.9. The van der Waals surface area contributed by atoms with E-state index in [1.807, 2.05) is 13.8 Å². The van der Waals surface area contributed by atoms with Gasteiger partial charge in [-0.1, -0.05) is 56.8 Å². The summed E-state index contributed by atoms with van der Waals surface area (Å²) in [6, 6.07) is 9.15. The summed E-state index contributed by atoms with van der Waals surface area (Å²) >= 11 is 6.50. The number of carbonyl (C=O) groups is 3. The number of amides is 2. The fourth-order valence-electron chi connectivity index (χ4n) is 6.18. The number of carboxylic acids is 1. The summed E-state index contributed by atoms with van der Waals surface area (Å²) in [5.74, 6) is -1.19. The van der Waals surface area contributed by atoms with Crippen molar-refractivity contribution < 1.29 is 38.8 Å². The first-order valence-electron chi connectivity index (χ1n) is 15.0. The minimum Gasteiger partial charge on any atom is -0.493 e. The van der Waals surface area contributed by atoms with Gasteiger partial charge in [0.25, 0.3) is 5.91 Å². The van der Waals surface area contributed by atoms with Crippen LogP contribution in [-0.2, 0) is 19.1 Å². The van der Waals surface area contributed by atoms with Crippen molar-refractivity contribution in [2.45, 2.75) is 83.6 Å². The maximum atomic E-state index is 14.4. The zero-order valence-electron chi connectivity index (χ0n) is 26.0. The predicted octanol–water partition coefficient (Wildman–Crippen LogP) is 5.22. The van der Waals surface area contributed by atoms with Gasteiger partial charge in [0.05, 0.1) is 20.6 Å². The lowest BCUT2D eigenvalue weighted by molar-refractivity contribution is -0.155. The Morgan fingerprint density at radius 2 is 1.82 bits per heavy atom. The van der Waals surface area contributed by atoms with Crippen LogP contribution in [0.5, 0.6) is 11.5 Å². The number of fused-ring (bicyclic) bond motifs is 1. The minimum atomic E-state index is -1.28. The van der Waals surface area contributed by atoms with Gasteiger partial charge in [-0.25, -0.2) is 4.79 Å². The summed E-state index contributed by atoms with van der Waals surface area (Å²) in [4.78, 5) is 43.6. The molecule has 0 saturated heterocycles. The standard InChI is InChI=1S/C33H43ClN2O8/c1-20(32(40)41)36(22-10-7-6-8-11-22)28(38)17-27-31(39)35(18-33(2,3)19-37)25-15-14-21(34)16-24(25)29(44-27)23-12-9-13-26(42-4)30(23)43-5/h9,12-16,20,22,27,29,37H,6-8,10-11,17-19H2,1-5H3,(H,40,41)/t20?,27-,29-/m1/s1. The zero-order valence-corrected chi connectivity index (χ0v) is 26.8. The van der Waals surface area contributed by atoms with Crippen molar-refractivity contribution in [2.75, 3.05) is 32.3 Å². The number of hydrogen-bond donors (Lipinski definition) is 2. The number of hydrogen-bond acceptors (Lipinski definition) is 7. The molecule has 2 aliphatic rings. The van der Waals surface area contributed by atoms with Crippen LogP contribution >= 0.6 is 11.6 Å². The highest BCUT2D eigenvalue weighted by atomic mass is 35.5. The molecule has 0 spiro atoms. The lowest BCUT2D eigenvalue weighted by Crippen LogP contribution is -2.52. The van der Waals surface area contributed by atoms with Gasteiger partial charge in [-0.3, -0.25) is 9.59 Å². The third kappa shape index (κ3) is 7.14. The SMILES string of the molecule is COc1cccc([C@H]2O[C@H](CC(=O)N(C3CCCCC3)C(C)C(=O)O)C(=O)N(CC(C)(C)CO)c3ccc(Cl)cc32)c1OC. The Balaban J connectivity index is 1.85. The van der Waals surface area contributed by atoms with E-state index in [0.717, 1.165) is 19.3 Å². The van der Waals surface area contributed by atoms with Gasteiger partial charge in [0.2, 0.25) is 5.91 Å². The Kier molecular flexibility index (Phi) is 10.8. The van der Waals surface area contributed by atoms with Gasteiger partial charge in [-0.2, -0.15) is 0 Å². The number of aliphatic carboxylic acids is 1. The van der Waals surface area contributed by atoms with E-state index in [-0.39, 0.29) is 25.6 Å². The number of carboxylic acid groups (broad SMARTS) is 1. The van der Waals surface area contributed by atoms with Crippen molar-refractivity contribution in [3.05, 3.63) is 52.5 Å². The molecule has 0 radical (unpaired) electrons. The first kappa shape index (κ1) is 33.6. The molecule has 1 saturated carbocycles. The summed E-state index contributed by atoms with van der Waals surface area (Å²) in [5.41, 5.74) is 0.963. The number of aliphatic hydroxyl groups excluding tert-OH is 1. The van der Waals surface area contributed by atoms with Crippen LogP contribution < -0.4 is 14.4 Å². The molecule has 0 bridgehead atoms. The quantitative estimate of drug-likeness (QED) is 0.346. The number of benzene rings is 2. The molecule has 2 aromatic rings. The van der Waals surface area contributed by atoms with E-state index in [1.165, 1.54) is 30.9 Å². The Morgan fingerprint density at radius 1 is 1.11 bits per heavy atom. The molecule has 240 valence electrons. The highest BCUT2D eigenvalue weighted by Gasteiger charge is 2.43. The summed E-state index contributed by atoms with van der Waals surface area (Å²) in [5, 5.41) is 20.5. The monoisotopic (exact) mass is 630 g/mol. The fraction of sp³-hybridized carbons (Fsp3) is 0.545. The molecule has 1 aliphatic heterocycles. The number of aliphatic hydroxyl groups is 1. The second-order valence-corrected chi connectivity index (χ2v) is 12.8. The molecule has 2 aromatic carbocycles. The van der Waals surface area contributed by atoms with Gasteiger partial charge in [-0.15, -0.1) is 0 Å². The van der Waals surface area contributed by atoms with Crippen LogP contribution in [0.2, 0.25) is 5.02 Å². The number of carbonyl (C=O) groups excluding carboxylic acids is 2. The molecular formula is C33H43ClN2O8. The smallest absolute Gasteiger partial charge is 0.326 e. The van der Waals surface area contributed by atoms with E-state index in [1.54, 1.807) is 36.4 Å². The Labute approximate surface area is 263 Å². The number of nitrogens with zero attached hydrogens (tertiary/aromatic N) is 2. The van der Waals surface area contributed by atoms with Crippen LogP contribution in [0.3, 0.4) is 0 Å². The van der Waals surface area contributed by atoms with Crippen molar-refractivity contribution in [3.8, 4) is 11.5 Å². The van der Waals surface area contributed by atoms with Gasteiger partial charge in [0.15, 0.2) is 11.5 Å². The van der Waals surface area contributed by atoms with E-state index in [0.29, 0.717) is 46.2 Å². The molecule has 1 heterocycles. The number of anilines is 1. The summed E-state index contributed by atoms with van der Waals surface area (Å²) in [6.07, 6.45) is 1.68. The van der Waals surface area contributed by atoms with Crippen LogP contribution in [0.4, 0.5) is 5.69 Å². The first-order chi connectivity index (χ1) is 20.9. The van der Waals surface area contributed by atoms with Crippen LogP contribution in [0.1, 0.15) is 76.5 Å². The first-order valence-corrected chi connectivity index (χ1v) is 15.4. The van der Waals surface area contributed by atoms with Crippen molar-refractivity contribution in [1.29, 1.82) is 0 Å². The highest BCUT2D eigenvalue weighted by molar-refractivity contribution is 6.30. The van der Waals surface area contributed by atoms with E-state index >= 15 is 0 Å². The van der Waals surface area contributed by atoms with Crippen LogP contribution in [-0.4, -0.2) is 78.5 Å². The maximum absolute atomic E-state index is 14.4. The molecule has 2 N–H and O–H groups in total. The van der Waals surface area contributed by atoms with Crippen LogP contribution in [0.15, 0.2) is 36.4 Å². The molecule has 10 nitrogen and oxygen atoms in total. The summed E-state index contributed by atoms with van der Waals surface area (Å²) in [6.45, 7) is 5.11. The maximum Gasteiger partial charge on any atom is 0.326 e. The van der Waals surface area contributed by atoms with Crippen molar-refractivity contribution >= 4 is 35.1 Å². The highest BCUT2D eigenvalue weighted by Crippen LogP contribution is 2.45. The van der Waals surface area contributed by atoms with Gasteiger partial charge in [0.1, 0.15) is 18.2 Å². The second-order valence-electron chi connectivity index (χ2n) is 12.3. The third-order valence-corrected chi connectivity index (χ3v) is 8.76. The van der Waals surface area contributed by atoms with E-state index in [9.17, 15) is 24.6 Å². The van der Waals surface area contributed by atoms with E-state index in [4.69, 9.17) is 25.8 Å². The molecule has 0 aromatic heterocycles. The van der Waals surface area contributed by atoms with E-state index < -0.39 is 41.4 Å². The number of halogens is 1. The number of ether oxygens (including phenoxy) is 3. The molecule has 4 rings (SSSR count). The van der Waals surface area contributed by atoms with Crippen molar-refractivity contribution in [2.24, 2.45) is 5.41 Å². The van der Waals surface area contributed by atoms with Crippen molar-refractivity contribution in [3.63, 3.8) is 0 Å². The predicted molar refractivity (Wildman–Crippen MR) is 166 cm³/mol. The average molecular weight is 631 g/mol. The van der Waals surface area contributed by atoms with Gasteiger partial charge in [0, 0.05) is 46.4 Å². The Bertz CT molecular complexity index is 1360. The molecule has 3 atom stereocenters. The molecule has 1 fully saturated rings. The van der Waals surface area contributed by atoms with Crippen LogP contribution in [0, 0.1) is 5.41 Å². The minimum absolute atomic E-state index is 0.130. The Hall–Kier alpha value is -3.34. The van der Waals surface area contributed by atoms with Gasteiger partial charge >= 0.3 is 5.97 Å². The van der Waals surface area contributed by atoms with Crippen LogP contribution in [0.25, 0.3) is 0 Å². The van der Waals surface area contributed by atoms with E-state index in [2.05, 4.69) is 0 Å². The summed E-state index contributed by atoms with van der Waals surface area (Å²) in [7, 11) is 3.03. The third-order valence-electron chi connectivity index (χ3n) is 8.53.